The highest BCUT2D eigenvalue weighted by atomic mass is 15.2. The average molecular weight is 425 g/mol. The van der Waals surface area contributed by atoms with E-state index in [1.165, 1.54) is 5.56 Å². The van der Waals surface area contributed by atoms with Crippen LogP contribution in [-0.4, -0.2) is 51.0 Å². The average Bonchev–Trinajstić information content (AvgIpc) is 3.21. The Hall–Kier alpha value is -3.80. The third-order valence-electron chi connectivity index (χ3n) is 5.57. The maximum absolute atomic E-state index is 9.21. The lowest BCUT2D eigenvalue weighted by Crippen LogP contribution is -2.42. The molecule has 0 amide bonds. The number of piperazine rings is 1. The fourth-order valence-corrected chi connectivity index (χ4v) is 4.03. The Kier molecular flexibility index (Phi) is 5.50. The second-order valence-electron chi connectivity index (χ2n) is 8.01. The Bertz CT molecular complexity index is 1300. The summed E-state index contributed by atoms with van der Waals surface area (Å²) in [7, 11) is 0. The van der Waals surface area contributed by atoms with Gasteiger partial charge in [0.2, 0.25) is 5.95 Å². The topological polar surface area (TPSA) is 106 Å². The van der Waals surface area contributed by atoms with Crippen LogP contribution in [0.4, 0.5) is 11.8 Å². The molecule has 8 heteroatoms. The molecular weight excluding hydrogens is 400 g/mol. The van der Waals surface area contributed by atoms with Crippen LogP contribution >= 0.6 is 0 Å². The first-order valence-corrected chi connectivity index (χ1v) is 10.7. The molecule has 0 atom stereocenters. The zero-order valence-electron chi connectivity index (χ0n) is 17.9. The fraction of sp³-hybridized carbons (Fsp3) is 0.250. The first kappa shape index (κ1) is 20.1. The maximum Gasteiger partial charge on any atom is 0.206 e. The highest BCUT2D eigenvalue weighted by Gasteiger charge is 2.11. The van der Waals surface area contributed by atoms with Crippen LogP contribution in [0.15, 0.2) is 48.7 Å². The molecule has 0 unspecified atom stereocenters. The molecule has 3 N–H and O–H groups in total. The number of nitrogens with one attached hydrogen (secondary N) is 3. The normalized spacial score (nSPS) is 14.4. The third-order valence-corrected chi connectivity index (χ3v) is 5.57. The summed E-state index contributed by atoms with van der Waals surface area (Å²) in [6.07, 6.45) is 1.83. The highest BCUT2D eigenvalue weighted by Crippen LogP contribution is 2.26. The van der Waals surface area contributed by atoms with Gasteiger partial charge in [-0.05, 0) is 60.0 Å². The lowest BCUT2D eigenvalue weighted by molar-refractivity contribution is 0.233. The molecule has 5 rings (SSSR count). The van der Waals surface area contributed by atoms with Crippen molar-refractivity contribution in [2.45, 2.75) is 13.5 Å². The number of aryl methyl sites for hydroxylation is 1. The number of pyridine rings is 2. The Balaban J connectivity index is 1.36. The molecule has 0 aliphatic carbocycles. The van der Waals surface area contributed by atoms with Gasteiger partial charge in [0.05, 0.1) is 11.0 Å². The zero-order valence-corrected chi connectivity index (χ0v) is 17.9. The van der Waals surface area contributed by atoms with Crippen molar-refractivity contribution in [1.29, 1.82) is 5.26 Å². The third kappa shape index (κ3) is 4.44. The van der Waals surface area contributed by atoms with Gasteiger partial charge in [0, 0.05) is 44.6 Å². The predicted octanol–water partition coefficient (Wildman–Crippen LogP) is 3.35. The summed E-state index contributed by atoms with van der Waals surface area (Å²) >= 11 is 0. The number of nitriles is 1. The molecule has 1 aromatic carbocycles. The van der Waals surface area contributed by atoms with Gasteiger partial charge in [0.1, 0.15) is 17.6 Å². The maximum atomic E-state index is 9.21. The number of rotatable bonds is 5. The van der Waals surface area contributed by atoms with Crippen molar-refractivity contribution in [2.24, 2.45) is 0 Å². The molecule has 3 aromatic heterocycles. The molecule has 0 spiro atoms. The number of aromatic nitrogens is 4. The molecule has 160 valence electrons. The van der Waals surface area contributed by atoms with Crippen molar-refractivity contribution in [3.8, 4) is 17.2 Å². The van der Waals surface area contributed by atoms with Gasteiger partial charge in [0.15, 0.2) is 0 Å². The van der Waals surface area contributed by atoms with Gasteiger partial charge in [-0.25, -0.2) is 15.0 Å². The number of fused-ring (bicyclic) bond motifs is 1. The van der Waals surface area contributed by atoms with Gasteiger partial charge in [0.25, 0.3) is 0 Å². The number of benzene rings is 1. The van der Waals surface area contributed by atoms with Crippen LogP contribution < -0.4 is 10.6 Å². The molecule has 0 saturated carbocycles. The van der Waals surface area contributed by atoms with Crippen molar-refractivity contribution in [3.05, 3.63) is 65.6 Å². The molecule has 1 aliphatic heterocycles. The molecule has 1 aliphatic rings. The van der Waals surface area contributed by atoms with Crippen LogP contribution in [0.2, 0.25) is 0 Å². The smallest absolute Gasteiger partial charge is 0.206 e. The van der Waals surface area contributed by atoms with Crippen LogP contribution in [-0.2, 0) is 6.54 Å². The molecule has 8 nitrogen and oxygen atoms in total. The van der Waals surface area contributed by atoms with E-state index in [2.05, 4.69) is 53.7 Å². The Morgan fingerprint density at radius 1 is 1.06 bits per heavy atom. The van der Waals surface area contributed by atoms with Crippen molar-refractivity contribution in [2.75, 3.05) is 31.5 Å². The summed E-state index contributed by atoms with van der Waals surface area (Å²) in [5.74, 6) is 1.41. The second kappa shape index (κ2) is 8.75. The number of imidazole rings is 1. The van der Waals surface area contributed by atoms with Crippen LogP contribution in [0.1, 0.15) is 17.0 Å². The lowest BCUT2D eigenvalue weighted by Gasteiger charge is -2.27. The first-order chi connectivity index (χ1) is 15.7. The Labute approximate surface area is 186 Å². The van der Waals surface area contributed by atoms with Gasteiger partial charge < -0.3 is 15.6 Å². The molecule has 32 heavy (non-hydrogen) atoms. The van der Waals surface area contributed by atoms with E-state index in [-0.39, 0.29) is 0 Å². The standard InChI is InChI=1S/C24H24N8/c1-16-10-19(12-20(14-25)28-16)18-2-3-21-22(13-18)30-24(29-21)31-23-11-17(4-5-27-23)15-32-8-6-26-7-9-32/h2-5,10-13,26H,6-9,15H2,1H3,(H2,27,29,30,31). The Morgan fingerprint density at radius 2 is 1.94 bits per heavy atom. The summed E-state index contributed by atoms with van der Waals surface area (Å²) in [6.45, 7) is 7.00. The number of nitrogens with zero attached hydrogens (tertiary/aromatic N) is 5. The predicted molar refractivity (Wildman–Crippen MR) is 124 cm³/mol. The molecule has 1 saturated heterocycles. The monoisotopic (exact) mass is 424 g/mol. The van der Waals surface area contributed by atoms with Gasteiger partial charge in [-0.15, -0.1) is 0 Å². The molecular formula is C24H24N8. The minimum Gasteiger partial charge on any atom is -0.324 e. The summed E-state index contributed by atoms with van der Waals surface area (Å²) in [5, 5.41) is 15.9. The summed E-state index contributed by atoms with van der Waals surface area (Å²) < 4.78 is 0. The fourth-order valence-electron chi connectivity index (χ4n) is 4.03. The van der Waals surface area contributed by atoms with E-state index in [0.29, 0.717) is 11.6 Å². The largest absolute Gasteiger partial charge is 0.324 e. The highest BCUT2D eigenvalue weighted by molar-refractivity contribution is 5.84. The second-order valence-corrected chi connectivity index (χ2v) is 8.01. The van der Waals surface area contributed by atoms with Gasteiger partial charge >= 0.3 is 0 Å². The number of hydrogen-bond donors (Lipinski definition) is 3. The van der Waals surface area contributed by atoms with Crippen molar-refractivity contribution in [1.82, 2.24) is 30.2 Å². The number of anilines is 2. The van der Waals surface area contributed by atoms with E-state index in [1.807, 2.05) is 37.4 Å². The van der Waals surface area contributed by atoms with Crippen LogP contribution in [0.5, 0.6) is 0 Å². The number of aromatic amines is 1. The SMILES string of the molecule is Cc1cc(-c2ccc3nc(Nc4cc(CN5CCNCC5)ccn4)[nH]c3c2)cc(C#N)n1. The van der Waals surface area contributed by atoms with Crippen LogP contribution in [0, 0.1) is 18.3 Å². The lowest BCUT2D eigenvalue weighted by atomic mass is 10.0. The van der Waals surface area contributed by atoms with E-state index in [1.54, 1.807) is 6.07 Å². The van der Waals surface area contributed by atoms with E-state index in [9.17, 15) is 5.26 Å². The Morgan fingerprint density at radius 3 is 2.78 bits per heavy atom. The van der Waals surface area contributed by atoms with Crippen LogP contribution in [0.3, 0.4) is 0 Å². The minimum absolute atomic E-state index is 0.416. The van der Waals surface area contributed by atoms with Gasteiger partial charge in [-0.2, -0.15) is 5.26 Å². The van der Waals surface area contributed by atoms with Crippen molar-refractivity contribution >= 4 is 22.8 Å². The van der Waals surface area contributed by atoms with E-state index in [0.717, 1.165) is 66.4 Å². The van der Waals surface area contributed by atoms with Crippen molar-refractivity contribution in [3.63, 3.8) is 0 Å². The zero-order chi connectivity index (χ0) is 21.9. The quantitative estimate of drug-likeness (QED) is 0.451. The molecule has 0 radical (unpaired) electrons. The van der Waals surface area contributed by atoms with E-state index < -0.39 is 0 Å². The molecule has 4 heterocycles. The summed E-state index contributed by atoms with van der Waals surface area (Å²) in [5.41, 5.74) is 6.20. The van der Waals surface area contributed by atoms with Gasteiger partial charge in [-0.1, -0.05) is 6.07 Å². The summed E-state index contributed by atoms with van der Waals surface area (Å²) in [4.78, 5) is 19.1. The molecule has 4 aromatic rings. The first-order valence-electron chi connectivity index (χ1n) is 10.7. The van der Waals surface area contributed by atoms with Crippen molar-refractivity contribution < 1.29 is 0 Å². The molecule has 0 bridgehead atoms. The molecule has 1 fully saturated rings. The number of hydrogen-bond acceptors (Lipinski definition) is 7. The van der Waals surface area contributed by atoms with E-state index in [4.69, 9.17) is 0 Å². The number of H-pyrrole nitrogens is 1. The van der Waals surface area contributed by atoms with Crippen LogP contribution in [0.25, 0.3) is 22.2 Å². The summed E-state index contributed by atoms with van der Waals surface area (Å²) in [6, 6.07) is 16.1. The van der Waals surface area contributed by atoms with Gasteiger partial charge in [-0.3, -0.25) is 4.90 Å². The van der Waals surface area contributed by atoms with E-state index >= 15 is 0 Å². The minimum atomic E-state index is 0.416.